The molecule has 0 atom stereocenters. The molecule has 0 aromatic carbocycles. The van der Waals surface area contributed by atoms with Crippen LogP contribution in [0, 0.1) is 0 Å². The molecule has 1 rings (SSSR count). The third-order valence-corrected chi connectivity index (χ3v) is 2.80. The molecule has 3 nitrogen and oxygen atoms in total. The first kappa shape index (κ1) is 14.7. The van der Waals surface area contributed by atoms with Crippen LogP contribution in [-0.4, -0.2) is 24.6 Å². The Morgan fingerprint density at radius 3 is 2.72 bits per heavy atom. The molecule has 0 spiro atoms. The molecule has 100 valence electrons. The number of hydrogen-bond acceptors (Lipinski definition) is 3. The molecule has 0 bridgehead atoms. The van der Waals surface area contributed by atoms with E-state index >= 15 is 0 Å². The molecule has 0 fully saturated rings. The van der Waals surface area contributed by atoms with Crippen molar-refractivity contribution in [2.24, 2.45) is 0 Å². The van der Waals surface area contributed by atoms with Crippen LogP contribution in [0.2, 0.25) is 0 Å². The first-order valence-electron chi connectivity index (χ1n) is 6.62. The third-order valence-electron chi connectivity index (χ3n) is 2.80. The number of hydrogen-bond donors (Lipinski definition) is 1. The molecule has 3 heteroatoms. The van der Waals surface area contributed by atoms with Gasteiger partial charge in [-0.1, -0.05) is 26.8 Å². The Hall–Kier alpha value is -1.35. The number of anilines is 1. The highest BCUT2D eigenvalue weighted by Crippen LogP contribution is 2.14. The fraction of sp³-hybridized carbons (Fsp3) is 0.533. The maximum Gasteiger partial charge on any atom is 0.129 e. The average molecular weight is 247 g/mol. The monoisotopic (exact) mass is 247 g/mol. The Morgan fingerprint density at radius 1 is 1.44 bits per heavy atom. The van der Waals surface area contributed by atoms with Gasteiger partial charge in [0, 0.05) is 31.9 Å². The topological polar surface area (TPSA) is 28.2 Å². The van der Waals surface area contributed by atoms with Gasteiger partial charge in [0.15, 0.2) is 0 Å². The fourth-order valence-electron chi connectivity index (χ4n) is 1.72. The van der Waals surface area contributed by atoms with E-state index in [4.69, 9.17) is 0 Å². The number of aryl methyl sites for hydroxylation is 1. The van der Waals surface area contributed by atoms with Crippen molar-refractivity contribution >= 4 is 5.82 Å². The molecular formula is C15H25N3. The summed E-state index contributed by atoms with van der Waals surface area (Å²) >= 11 is 0. The predicted octanol–water partition coefficient (Wildman–Crippen LogP) is 2.76. The van der Waals surface area contributed by atoms with E-state index in [0.29, 0.717) is 6.04 Å². The third kappa shape index (κ3) is 4.49. The fourth-order valence-corrected chi connectivity index (χ4v) is 1.72. The van der Waals surface area contributed by atoms with Crippen LogP contribution < -0.4 is 10.2 Å². The zero-order chi connectivity index (χ0) is 13.5. The second kappa shape index (κ2) is 7.17. The van der Waals surface area contributed by atoms with Gasteiger partial charge in [-0.25, -0.2) is 4.98 Å². The molecule has 0 aliphatic carbocycles. The van der Waals surface area contributed by atoms with Gasteiger partial charge in [0.2, 0.25) is 0 Å². The van der Waals surface area contributed by atoms with E-state index < -0.39 is 0 Å². The molecular weight excluding hydrogens is 222 g/mol. The molecule has 1 heterocycles. The number of aromatic nitrogens is 1. The number of nitrogens with one attached hydrogen (secondary N) is 1. The maximum atomic E-state index is 4.65. The lowest BCUT2D eigenvalue weighted by Gasteiger charge is -2.18. The van der Waals surface area contributed by atoms with Gasteiger partial charge in [0.05, 0.1) is 0 Å². The van der Waals surface area contributed by atoms with Gasteiger partial charge >= 0.3 is 0 Å². The molecule has 18 heavy (non-hydrogen) atoms. The molecule has 0 saturated carbocycles. The Labute approximate surface area is 111 Å². The molecule has 0 saturated heterocycles. The van der Waals surface area contributed by atoms with Crippen LogP contribution in [0.1, 0.15) is 32.0 Å². The van der Waals surface area contributed by atoms with Gasteiger partial charge in [-0.3, -0.25) is 0 Å². The quantitative estimate of drug-likeness (QED) is 0.751. The van der Waals surface area contributed by atoms with Crippen molar-refractivity contribution in [1.82, 2.24) is 10.3 Å². The molecule has 0 aliphatic heterocycles. The molecule has 0 aliphatic rings. The number of rotatable bonds is 7. The second-order valence-corrected chi connectivity index (χ2v) is 4.88. The summed E-state index contributed by atoms with van der Waals surface area (Å²) in [6.45, 7) is 11.9. The normalized spacial score (nSPS) is 10.7. The molecule has 1 aromatic heterocycles. The Balaban J connectivity index is 2.90. The minimum atomic E-state index is 0.498. The van der Waals surface area contributed by atoms with Crippen LogP contribution in [0.25, 0.3) is 0 Å². The van der Waals surface area contributed by atoms with Crippen molar-refractivity contribution < 1.29 is 0 Å². The molecule has 1 N–H and O–H groups in total. The van der Waals surface area contributed by atoms with E-state index in [1.807, 2.05) is 13.1 Å². The van der Waals surface area contributed by atoms with Crippen molar-refractivity contribution in [1.29, 1.82) is 0 Å². The molecule has 0 radical (unpaired) electrons. The first-order valence-corrected chi connectivity index (χ1v) is 6.62. The van der Waals surface area contributed by atoms with Crippen LogP contribution >= 0.6 is 0 Å². The summed E-state index contributed by atoms with van der Waals surface area (Å²) < 4.78 is 0. The van der Waals surface area contributed by atoms with Crippen LogP contribution in [0.15, 0.2) is 24.8 Å². The van der Waals surface area contributed by atoms with Gasteiger partial charge in [-0.2, -0.15) is 0 Å². The largest absolute Gasteiger partial charge is 0.356 e. The minimum Gasteiger partial charge on any atom is -0.356 e. The summed E-state index contributed by atoms with van der Waals surface area (Å²) in [4.78, 5) is 6.76. The van der Waals surface area contributed by atoms with Crippen LogP contribution in [0.4, 0.5) is 5.82 Å². The summed E-state index contributed by atoms with van der Waals surface area (Å²) in [5.41, 5.74) is 2.44. The lowest BCUT2D eigenvalue weighted by Crippen LogP contribution is -2.23. The van der Waals surface area contributed by atoms with Gasteiger partial charge in [-0.15, -0.1) is 6.58 Å². The van der Waals surface area contributed by atoms with E-state index in [2.05, 4.69) is 54.7 Å². The summed E-state index contributed by atoms with van der Waals surface area (Å²) in [6.07, 6.45) is 2.86. The lowest BCUT2D eigenvalue weighted by atomic mass is 10.2. The van der Waals surface area contributed by atoms with Crippen LogP contribution in [0.3, 0.4) is 0 Å². The van der Waals surface area contributed by atoms with Crippen molar-refractivity contribution in [3.8, 4) is 0 Å². The summed E-state index contributed by atoms with van der Waals surface area (Å²) in [6, 6.07) is 4.83. The second-order valence-electron chi connectivity index (χ2n) is 4.88. The van der Waals surface area contributed by atoms with Crippen molar-refractivity contribution in [3.05, 3.63) is 36.0 Å². The highest BCUT2D eigenvalue weighted by Gasteiger charge is 2.06. The lowest BCUT2D eigenvalue weighted by molar-refractivity contribution is 0.588. The van der Waals surface area contributed by atoms with Crippen LogP contribution in [-0.2, 0) is 13.0 Å². The van der Waals surface area contributed by atoms with Crippen molar-refractivity contribution in [3.63, 3.8) is 0 Å². The highest BCUT2D eigenvalue weighted by molar-refractivity contribution is 5.42. The van der Waals surface area contributed by atoms with Gasteiger partial charge < -0.3 is 10.2 Å². The summed E-state index contributed by atoms with van der Waals surface area (Å²) in [5.74, 6) is 1.02. The predicted molar refractivity (Wildman–Crippen MR) is 79.1 cm³/mol. The van der Waals surface area contributed by atoms with E-state index in [9.17, 15) is 0 Å². The van der Waals surface area contributed by atoms with E-state index in [1.54, 1.807) is 0 Å². The van der Waals surface area contributed by atoms with Gasteiger partial charge in [0.25, 0.3) is 0 Å². The van der Waals surface area contributed by atoms with Crippen LogP contribution in [0.5, 0.6) is 0 Å². The number of nitrogens with zero attached hydrogens (tertiary/aromatic N) is 2. The van der Waals surface area contributed by atoms with Gasteiger partial charge in [-0.05, 0) is 24.1 Å². The molecule has 0 amide bonds. The van der Waals surface area contributed by atoms with Crippen molar-refractivity contribution in [2.75, 3.05) is 18.5 Å². The van der Waals surface area contributed by atoms with Crippen molar-refractivity contribution in [2.45, 2.75) is 39.8 Å². The smallest absolute Gasteiger partial charge is 0.129 e. The van der Waals surface area contributed by atoms with E-state index in [0.717, 1.165) is 31.0 Å². The standard InChI is InChI=1S/C15H25N3/c1-6-8-18(5)15-10-13(11-16-12(3)4)9-14(7-2)17-15/h6,9-10,12,16H,1,7-8,11H2,2-5H3. The van der Waals surface area contributed by atoms with E-state index in [1.165, 1.54) is 5.56 Å². The first-order chi connectivity index (χ1) is 8.56. The average Bonchev–Trinajstić information content (AvgIpc) is 2.36. The van der Waals surface area contributed by atoms with E-state index in [-0.39, 0.29) is 0 Å². The SMILES string of the molecule is C=CCN(C)c1cc(CNC(C)C)cc(CC)n1. The Bertz CT molecular complexity index is 385. The molecule has 1 aromatic rings. The van der Waals surface area contributed by atoms with Gasteiger partial charge in [0.1, 0.15) is 5.82 Å². The summed E-state index contributed by atoms with van der Waals surface area (Å²) in [5, 5.41) is 3.44. The maximum absolute atomic E-state index is 4.65. The molecule has 0 unspecified atom stereocenters. The highest BCUT2D eigenvalue weighted by atomic mass is 15.2. The number of pyridine rings is 1. The summed E-state index contributed by atoms with van der Waals surface area (Å²) in [7, 11) is 2.04. The zero-order valence-corrected chi connectivity index (χ0v) is 12.0. The minimum absolute atomic E-state index is 0.498. The number of likely N-dealkylation sites (N-methyl/N-ethyl adjacent to an activating group) is 1. The zero-order valence-electron chi connectivity index (χ0n) is 12.0. The Morgan fingerprint density at radius 2 is 2.17 bits per heavy atom. The Kier molecular flexibility index (Phi) is 5.86.